The Morgan fingerprint density at radius 2 is 2.06 bits per heavy atom. The lowest BCUT2D eigenvalue weighted by atomic mass is 10.2. The van der Waals surface area contributed by atoms with Crippen LogP contribution in [-0.2, 0) is 4.79 Å². The molecule has 0 radical (unpaired) electrons. The molecule has 0 fully saturated rings. The van der Waals surface area contributed by atoms with Gasteiger partial charge in [0.05, 0.1) is 0 Å². The number of carboxylic acid groups (broad SMARTS) is 1. The Morgan fingerprint density at radius 1 is 1.44 bits per heavy atom. The predicted molar refractivity (Wildman–Crippen MR) is 62.5 cm³/mol. The highest BCUT2D eigenvalue weighted by Gasteiger charge is 2.08. The van der Waals surface area contributed by atoms with Gasteiger partial charge in [-0.3, -0.25) is 0 Å². The van der Waals surface area contributed by atoms with Crippen LogP contribution in [0.15, 0.2) is 42.0 Å². The minimum absolute atomic E-state index is 0.196. The first-order chi connectivity index (χ1) is 7.63. The third-order valence-corrected chi connectivity index (χ3v) is 2.21. The summed E-state index contributed by atoms with van der Waals surface area (Å²) in [6.45, 7) is 3.53. The maximum Gasteiger partial charge on any atom is 0.331 e. The van der Waals surface area contributed by atoms with Crippen LogP contribution in [-0.4, -0.2) is 17.2 Å². The van der Waals surface area contributed by atoms with Gasteiger partial charge in [-0.15, -0.1) is 0 Å². The molecule has 1 unspecified atom stereocenters. The van der Waals surface area contributed by atoms with E-state index in [9.17, 15) is 4.79 Å². The van der Waals surface area contributed by atoms with Gasteiger partial charge in [0.2, 0.25) is 0 Å². The van der Waals surface area contributed by atoms with Crippen molar-refractivity contribution in [1.82, 2.24) is 0 Å². The molecule has 1 rings (SSSR count). The first-order valence-corrected chi connectivity index (χ1v) is 5.27. The minimum atomic E-state index is -0.907. The van der Waals surface area contributed by atoms with Crippen molar-refractivity contribution >= 4 is 5.97 Å². The SMILES string of the molecule is CCC(/C=C(\C)C(=O)O)Oc1ccccc1. The van der Waals surface area contributed by atoms with Gasteiger partial charge in [0.25, 0.3) is 0 Å². The van der Waals surface area contributed by atoms with E-state index < -0.39 is 5.97 Å². The van der Waals surface area contributed by atoms with Crippen LogP contribution in [0.5, 0.6) is 5.75 Å². The van der Waals surface area contributed by atoms with Gasteiger partial charge in [-0.2, -0.15) is 0 Å². The number of hydrogen-bond donors (Lipinski definition) is 1. The van der Waals surface area contributed by atoms with Crippen molar-refractivity contribution in [2.75, 3.05) is 0 Å². The first kappa shape index (κ1) is 12.3. The van der Waals surface area contributed by atoms with E-state index in [0.29, 0.717) is 5.57 Å². The van der Waals surface area contributed by atoms with Crippen LogP contribution >= 0.6 is 0 Å². The molecule has 0 bridgehead atoms. The lowest BCUT2D eigenvalue weighted by Gasteiger charge is -2.14. The summed E-state index contributed by atoms with van der Waals surface area (Å²) in [7, 11) is 0. The summed E-state index contributed by atoms with van der Waals surface area (Å²) in [5, 5.41) is 8.77. The van der Waals surface area contributed by atoms with Crippen molar-refractivity contribution in [3.05, 3.63) is 42.0 Å². The van der Waals surface area contributed by atoms with Crippen LogP contribution in [0.4, 0.5) is 0 Å². The van der Waals surface area contributed by atoms with Crippen molar-refractivity contribution in [3.8, 4) is 5.75 Å². The number of carbonyl (C=O) groups is 1. The van der Waals surface area contributed by atoms with Crippen LogP contribution in [0.1, 0.15) is 20.3 Å². The first-order valence-electron chi connectivity index (χ1n) is 5.27. The van der Waals surface area contributed by atoms with Crippen LogP contribution in [0.2, 0.25) is 0 Å². The molecule has 1 aromatic carbocycles. The standard InChI is InChI=1S/C13H16O3/c1-3-11(9-10(2)13(14)15)16-12-7-5-4-6-8-12/h4-9,11H,3H2,1-2H3,(H,14,15)/b10-9+. The molecule has 0 saturated carbocycles. The minimum Gasteiger partial charge on any atom is -0.486 e. The Morgan fingerprint density at radius 3 is 2.56 bits per heavy atom. The molecule has 0 amide bonds. The second-order valence-electron chi connectivity index (χ2n) is 3.53. The second-order valence-corrected chi connectivity index (χ2v) is 3.53. The molecule has 3 nitrogen and oxygen atoms in total. The average molecular weight is 220 g/mol. The van der Waals surface area contributed by atoms with Crippen molar-refractivity contribution in [2.24, 2.45) is 0 Å². The Labute approximate surface area is 95.4 Å². The summed E-state index contributed by atoms with van der Waals surface area (Å²) in [6, 6.07) is 9.39. The normalized spacial score (nSPS) is 13.2. The maximum absolute atomic E-state index is 10.7. The Balaban J connectivity index is 2.70. The smallest absolute Gasteiger partial charge is 0.331 e. The summed E-state index contributed by atoms with van der Waals surface area (Å²) < 4.78 is 5.64. The van der Waals surface area contributed by atoms with E-state index in [0.717, 1.165) is 12.2 Å². The molecule has 1 N–H and O–H groups in total. The molecule has 0 saturated heterocycles. The van der Waals surface area contributed by atoms with Crippen LogP contribution in [0.25, 0.3) is 0 Å². The van der Waals surface area contributed by atoms with Gasteiger partial charge in [0, 0.05) is 5.57 Å². The van der Waals surface area contributed by atoms with E-state index in [4.69, 9.17) is 9.84 Å². The summed E-state index contributed by atoms with van der Waals surface area (Å²) in [5.41, 5.74) is 0.308. The van der Waals surface area contributed by atoms with Crippen molar-refractivity contribution in [2.45, 2.75) is 26.4 Å². The Kier molecular flexibility index (Phi) is 4.58. The van der Waals surface area contributed by atoms with Gasteiger partial charge in [-0.05, 0) is 31.6 Å². The summed E-state index contributed by atoms with van der Waals surface area (Å²) in [4.78, 5) is 10.7. The Bertz CT molecular complexity index is 368. The van der Waals surface area contributed by atoms with Crippen LogP contribution in [0, 0.1) is 0 Å². The quantitative estimate of drug-likeness (QED) is 0.776. The fraction of sp³-hybridized carbons (Fsp3) is 0.308. The highest BCUT2D eigenvalue weighted by atomic mass is 16.5. The second kappa shape index (κ2) is 5.95. The molecule has 1 aromatic rings. The van der Waals surface area contributed by atoms with Gasteiger partial charge >= 0.3 is 5.97 Å². The molecular weight excluding hydrogens is 204 g/mol. The van der Waals surface area contributed by atoms with E-state index in [-0.39, 0.29) is 6.10 Å². The number of rotatable bonds is 5. The fourth-order valence-electron chi connectivity index (χ4n) is 1.26. The number of benzene rings is 1. The highest BCUT2D eigenvalue weighted by Crippen LogP contribution is 2.14. The zero-order valence-corrected chi connectivity index (χ0v) is 9.51. The molecule has 0 spiro atoms. The molecule has 86 valence electrons. The zero-order valence-electron chi connectivity index (χ0n) is 9.51. The van der Waals surface area contributed by atoms with Crippen LogP contribution in [0.3, 0.4) is 0 Å². The van der Waals surface area contributed by atoms with E-state index in [2.05, 4.69) is 0 Å². The summed E-state index contributed by atoms with van der Waals surface area (Å²) in [5.74, 6) is -0.154. The van der Waals surface area contributed by atoms with E-state index >= 15 is 0 Å². The number of para-hydroxylation sites is 1. The maximum atomic E-state index is 10.7. The molecule has 0 heterocycles. The lowest BCUT2D eigenvalue weighted by molar-refractivity contribution is -0.132. The molecule has 3 heteroatoms. The van der Waals surface area contributed by atoms with Gasteiger partial charge in [0.15, 0.2) is 0 Å². The predicted octanol–water partition coefficient (Wildman–Crippen LogP) is 2.87. The highest BCUT2D eigenvalue weighted by molar-refractivity contribution is 5.85. The molecule has 0 aliphatic carbocycles. The van der Waals surface area contributed by atoms with Crippen molar-refractivity contribution in [1.29, 1.82) is 0 Å². The molecule has 0 aromatic heterocycles. The number of ether oxygens (including phenoxy) is 1. The molecular formula is C13H16O3. The molecule has 16 heavy (non-hydrogen) atoms. The average Bonchev–Trinajstić information content (AvgIpc) is 2.29. The van der Waals surface area contributed by atoms with Gasteiger partial charge in [0.1, 0.15) is 11.9 Å². The number of hydrogen-bond acceptors (Lipinski definition) is 2. The number of carboxylic acids is 1. The van der Waals surface area contributed by atoms with E-state index in [1.54, 1.807) is 13.0 Å². The largest absolute Gasteiger partial charge is 0.486 e. The van der Waals surface area contributed by atoms with Gasteiger partial charge < -0.3 is 9.84 Å². The Hall–Kier alpha value is -1.77. The van der Waals surface area contributed by atoms with E-state index in [1.807, 2.05) is 37.3 Å². The van der Waals surface area contributed by atoms with Gasteiger partial charge in [-0.25, -0.2) is 4.79 Å². The fourth-order valence-corrected chi connectivity index (χ4v) is 1.26. The summed E-state index contributed by atoms with van der Waals surface area (Å²) >= 11 is 0. The summed E-state index contributed by atoms with van der Waals surface area (Å²) in [6.07, 6.45) is 2.17. The van der Waals surface area contributed by atoms with E-state index in [1.165, 1.54) is 0 Å². The van der Waals surface area contributed by atoms with Crippen molar-refractivity contribution in [3.63, 3.8) is 0 Å². The lowest BCUT2D eigenvalue weighted by Crippen LogP contribution is -2.14. The molecule has 1 atom stereocenters. The molecule has 0 aliphatic heterocycles. The topological polar surface area (TPSA) is 46.5 Å². The van der Waals surface area contributed by atoms with Crippen LogP contribution < -0.4 is 4.74 Å². The third kappa shape index (κ3) is 3.77. The van der Waals surface area contributed by atoms with Gasteiger partial charge in [-0.1, -0.05) is 25.1 Å². The zero-order chi connectivity index (χ0) is 12.0. The monoisotopic (exact) mass is 220 g/mol. The number of aliphatic carboxylic acids is 1. The third-order valence-electron chi connectivity index (χ3n) is 2.21. The van der Waals surface area contributed by atoms with Crippen molar-refractivity contribution < 1.29 is 14.6 Å². The molecule has 0 aliphatic rings.